The zero-order chi connectivity index (χ0) is 57.2. The number of phosphoric acid groups is 3. The Balaban J connectivity index is 1.05. The molecule has 0 bridgehead atoms. The number of aliphatic hydroxyl groups excluding tert-OH is 1. The molecule has 1 amide bonds. The highest BCUT2D eigenvalue weighted by atomic mass is 31.3. The van der Waals surface area contributed by atoms with E-state index in [1.807, 2.05) is 74.1 Å². The number of benzene rings is 4. The van der Waals surface area contributed by atoms with Crippen molar-refractivity contribution in [1.29, 1.82) is 0 Å². The first-order chi connectivity index (χ1) is 36.5. The third kappa shape index (κ3) is 14.0. The first-order valence-corrected chi connectivity index (χ1v) is 27.8. The lowest BCUT2D eigenvalue weighted by atomic mass is 9.89. The number of nitro groups is 1. The number of nitrogens with one attached hydrogen (secondary N) is 1. The standard InChI is InChI=1S/C48H52N7O20P3/c1-26(2)44(70-24-29-23-54(48(60)51-45(29)49)42-22-38(56)41(73-42)25-71-77(66,67)75-78(68,69)74-76(63,64)65)33-13-9-27(18-37(33)55(61)62)8-7-17-50-46(57)28-10-14-32(47(58)59)36(19-28)43-34-15-11-30(52(3)4)20-39(34)72-40-21-31(53(5)6)12-16-35(40)43/h9-16,18-21,23,26,38,41-42,44,56H,17,22,24-25H2,1-6H3,(H7-,49,50,51,57,58,59,60,63,64,65,66,67,68,69)/p+1/t38-,41+,42+,44?/m0/s1. The van der Waals surface area contributed by atoms with Gasteiger partial charge in [-0.25, -0.2) is 27.9 Å². The van der Waals surface area contributed by atoms with E-state index in [9.17, 15) is 58.2 Å². The van der Waals surface area contributed by atoms with Gasteiger partial charge in [0.2, 0.25) is 5.36 Å². The number of aromatic nitrogens is 2. The summed E-state index contributed by atoms with van der Waals surface area (Å²) in [6, 6.07) is 19.6. The lowest BCUT2D eigenvalue weighted by Gasteiger charge is -2.23. The summed E-state index contributed by atoms with van der Waals surface area (Å²) in [5.41, 5.74) is 8.11. The van der Waals surface area contributed by atoms with E-state index in [1.54, 1.807) is 13.8 Å². The maximum absolute atomic E-state index is 13.7. The number of carbonyl (C=O) groups is 2. The molecule has 2 aliphatic heterocycles. The van der Waals surface area contributed by atoms with E-state index >= 15 is 0 Å². The predicted molar refractivity (Wildman–Crippen MR) is 279 cm³/mol. The van der Waals surface area contributed by atoms with Crippen LogP contribution in [-0.4, -0.2) is 110 Å². The number of nitrogen functional groups attached to an aromatic ring is 1. The van der Waals surface area contributed by atoms with Crippen molar-refractivity contribution in [2.45, 2.75) is 51.4 Å². The summed E-state index contributed by atoms with van der Waals surface area (Å²) < 4.78 is 67.8. The molecule has 0 saturated carbocycles. The minimum atomic E-state index is -5.83. The number of amides is 1. The molecule has 414 valence electrons. The van der Waals surface area contributed by atoms with Crippen molar-refractivity contribution >= 4 is 63.5 Å². The topological polar surface area (TPSA) is 388 Å². The van der Waals surface area contributed by atoms with Crippen molar-refractivity contribution in [3.05, 3.63) is 133 Å². The molecule has 3 unspecified atom stereocenters. The molecular formula is C48H53N7O20P3+. The second-order valence-corrected chi connectivity index (χ2v) is 22.8. The third-order valence-corrected chi connectivity index (χ3v) is 15.8. The van der Waals surface area contributed by atoms with Crippen LogP contribution < -0.4 is 31.6 Å². The summed E-state index contributed by atoms with van der Waals surface area (Å²) >= 11 is 0. The number of hydrogen-bond donors (Lipinski definition) is 8. The molecule has 9 N–H and O–H groups in total. The number of rotatable bonds is 19. The summed E-state index contributed by atoms with van der Waals surface area (Å²) in [5, 5.41) is 37.7. The second kappa shape index (κ2) is 23.5. The average molecular weight is 1140 g/mol. The lowest BCUT2D eigenvalue weighted by Crippen LogP contribution is -2.29. The van der Waals surface area contributed by atoms with Gasteiger partial charge in [0, 0.05) is 83.8 Å². The van der Waals surface area contributed by atoms with Gasteiger partial charge in [-0.15, -0.1) is 0 Å². The smallest absolute Gasteiger partial charge is 0.478 e. The van der Waals surface area contributed by atoms with Crippen LogP contribution in [0.15, 0.2) is 88.2 Å². The van der Waals surface area contributed by atoms with Crippen molar-refractivity contribution in [2.24, 2.45) is 5.92 Å². The zero-order valence-corrected chi connectivity index (χ0v) is 45.0. The van der Waals surface area contributed by atoms with Gasteiger partial charge in [-0.2, -0.15) is 13.6 Å². The third-order valence-electron chi connectivity index (χ3n) is 12.0. The summed E-state index contributed by atoms with van der Waals surface area (Å²) in [6.07, 6.45) is -4.36. The fraction of sp³-hybridized carbons (Fsp3) is 0.312. The molecule has 1 fully saturated rings. The van der Waals surface area contributed by atoms with Gasteiger partial charge in [-0.1, -0.05) is 25.7 Å². The highest BCUT2D eigenvalue weighted by Crippen LogP contribution is 2.66. The van der Waals surface area contributed by atoms with Crippen LogP contribution in [0, 0.1) is 27.9 Å². The van der Waals surface area contributed by atoms with Crippen LogP contribution in [0.5, 0.6) is 0 Å². The lowest BCUT2D eigenvalue weighted by molar-refractivity contribution is -0.386. The first-order valence-electron chi connectivity index (χ1n) is 23.2. The quantitative estimate of drug-likeness (QED) is 0.0136. The van der Waals surface area contributed by atoms with Crippen molar-refractivity contribution in [2.75, 3.05) is 52.0 Å². The van der Waals surface area contributed by atoms with Crippen LogP contribution in [0.25, 0.3) is 33.4 Å². The summed E-state index contributed by atoms with van der Waals surface area (Å²) in [4.78, 5) is 93.7. The number of ether oxygens (including phenoxy) is 2. The molecule has 4 aromatic rings. The van der Waals surface area contributed by atoms with E-state index in [4.69, 9.17) is 29.4 Å². The molecule has 30 heteroatoms. The molecule has 7 rings (SSSR count). The number of carbonyl (C=O) groups excluding carboxylic acids is 1. The van der Waals surface area contributed by atoms with Gasteiger partial charge in [-0.05, 0) is 60.0 Å². The van der Waals surface area contributed by atoms with Crippen molar-refractivity contribution in [3.63, 3.8) is 0 Å². The van der Waals surface area contributed by atoms with Crippen LogP contribution in [0.1, 0.15) is 70.0 Å². The van der Waals surface area contributed by atoms with E-state index < -0.39 is 83.0 Å². The predicted octanol–water partition coefficient (Wildman–Crippen LogP) is 4.73. The van der Waals surface area contributed by atoms with Crippen LogP contribution >= 0.6 is 23.5 Å². The molecule has 1 aliphatic carbocycles. The van der Waals surface area contributed by atoms with Gasteiger partial charge >= 0.3 is 35.1 Å². The summed E-state index contributed by atoms with van der Waals surface area (Å²) in [7, 11) is -9.52. The Kier molecular flexibility index (Phi) is 17.7. The molecule has 27 nitrogen and oxygen atoms in total. The maximum Gasteiger partial charge on any atom is 0.490 e. The van der Waals surface area contributed by atoms with E-state index in [-0.39, 0.29) is 64.5 Å². The van der Waals surface area contributed by atoms with Crippen LogP contribution in [-0.2, 0) is 42.9 Å². The number of carboxylic acid groups (broad SMARTS) is 1. The van der Waals surface area contributed by atoms with Gasteiger partial charge < -0.3 is 59.6 Å². The number of nitro benzene ring substituents is 1. The largest absolute Gasteiger partial charge is 0.490 e. The molecule has 3 aromatic carbocycles. The molecule has 1 saturated heterocycles. The monoisotopic (exact) mass is 1140 g/mol. The van der Waals surface area contributed by atoms with Crippen molar-refractivity contribution in [1.82, 2.24) is 19.4 Å². The maximum atomic E-state index is 13.7. The number of hydrogen-bond acceptors (Lipinski definition) is 18. The fourth-order valence-electron chi connectivity index (χ4n) is 8.35. The van der Waals surface area contributed by atoms with E-state index in [2.05, 4.69) is 35.3 Å². The molecule has 0 radical (unpaired) electrons. The molecule has 78 heavy (non-hydrogen) atoms. The summed E-state index contributed by atoms with van der Waals surface area (Å²) in [5.74, 6) is 3.66. The van der Waals surface area contributed by atoms with Crippen LogP contribution in [0.4, 0.5) is 17.2 Å². The number of carboxylic acids is 1. The number of aromatic carboxylic acids is 1. The minimum Gasteiger partial charge on any atom is -0.478 e. The summed E-state index contributed by atoms with van der Waals surface area (Å²) in [6.45, 7) is 1.91. The Morgan fingerprint density at radius 3 is 2.37 bits per heavy atom. The van der Waals surface area contributed by atoms with Gasteiger partial charge in [0.25, 0.3) is 11.6 Å². The molecule has 3 aliphatic rings. The highest BCUT2D eigenvalue weighted by molar-refractivity contribution is 7.66. The van der Waals surface area contributed by atoms with Crippen LogP contribution in [0.2, 0.25) is 0 Å². The van der Waals surface area contributed by atoms with Crippen molar-refractivity contribution in [3.8, 4) is 34.3 Å². The molecule has 3 heterocycles. The second-order valence-electron chi connectivity index (χ2n) is 18.3. The number of nitrogens with zero attached hydrogens (tertiary/aromatic N) is 5. The van der Waals surface area contributed by atoms with Gasteiger partial charge in [0.15, 0.2) is 0 Å². The SMILES string of the molecule is CC(C)C(OCc1cn([C@H]2C[C@H](O)[C@@H](COP(=O)(O)OP(=O)(O)OP(=O)(O)O)O2)c(=O)nc1N)c1ccc(C#CCNC(=O)c2ccc(C(=O)O)c(-c3c4ccc(=[N+](C)C)cc-4oc4cc(N(C)C)ccc34)c2)cc1[N+](=O)[O-]. The minimum absolute atomic E-state index is 0.0491. The molecular weight excluding hydrogens is 1090 g/mol. The Morgan fingerprint density at radius 1 is 0.987 bits per heavy atom. The van der Waals surface area contributed by atoms with E-state index in [0.29, 0.717) is 27.9 Å². The van der Waals surface area contributed by atoms with E-state index in [1.165, 1.54) is 42.6 Å². The van der Waals surface area contributed by atoms with Crippen LogP contribution in [0.3, 0.4) is 0 Å². The zero-order valence-electron chi connectivity index (χ0n) is 42.3. The first kappa shape index (κ1) is 58.7. The van der Waals surface area contributed by atoms with Gasteiger partial charge in [0.1, 0.15) is 43.6 Å². The Morgan fingerprint density at radius 2 is 1.72 bits per heavy atom. The number of nitrogens with two attached hydrogens (primary N) is 1. The number of phosphoric ester groups is 1. The molecule has 1 aromatic heterocycles. The number of anilines is 2. The Hall–Kier alpha value is -6.98. The normalized spacial score (nSPS) is 17.5. The Labute approximate surface area is 443 Å². The molecule has 6 atom stereocenters. The Bertz CT molecular complexity index is 3660. The van der Waals surface area contributed by atoms with E-state index in [0.717, 1.165) is 15.6 Å². The molecule has 0 spiro atoms. The fourth-order valence-corrected chi connectivity index (χ4v) is 11.4. The average Bonchev–Trinajstić information content (AvgIpc) is 3.82. The van der Waals surface area contributed by atoms with Crippen molar-refractivity contribution < 1.29 is 85.0 Å². The number of fused-ring (bicyclic) bond motifs is 2. The number of aliphatic hydroxyl groups is 1. The highest BCUT2D eigenvalue weighted by Gasteiger charge is 2.43. The van der Waals surface area contributed by atoms with Gasteiger partial charge in [0.05, 0.1) is 54.1 Å². The van der Waals surface area contributed by atoms with Gasteiger partial charge in [-0.3, -0.25) is 24.0 Å².